The minimum atomic E-state index is -0.227. The van der Waals surface area contributed by atoms with Gasteiger partial charge < -0.3 is 14.8 Å². The molecule has 6 nitrogen and oxygen atoms in total. The number of nitrogens with zero attached hydrogens (tertiary/aromatic N) is 2. The fourth-order valence-electron chi connectivity index (χ4n) is 2.27. The van der Waals surface area contributed by atoms with Gasteiger partial charge in [-0.2, -0.15) is 5.10 Å². The van der Waals surface area contributed by atoms with E-state index in [1.54, 1.807) is 18.9 Å². The van der Waals surface area contributed by atoms with Crippen molar-refractivity contribution in [3.8, 4) is 11.5 Å². The van der Waals surface area contributed by atoms with Crippen LogP contribution in [0.3, 0.4) is 0 Å². The quantitative estimate of drug-likeness (QED) is 0.843. The van der Waals surface area contributed by atoms with Crippen LogP contribution in [0.1, 0.15) is 23.0 Å². The zero-order chi connectivity index (χ0) is 16.8. The molecule has 0 fully saturated rings. The number of nitrogens with one attached hydrogen (secondary N) is 1. The number of carbonyl (C=O) groups excluding carboxylic acids is 1. The van der Waals surface area contributed by atoms with E-state index in [0.717, 1.165) is 5.56 Å². The predicted molar refractivity (Wildman–Crippen MR) is 88.5 cm³/mol. The molecule has 0 radical (unpaired) electrons. The number of aryl methyl sites for hydroxylation is 1. The van der Waals surface area contributed by atoms with Crippen molar-refractivity contribution in [1.29, 1.82) is 0 Å². The smallest absolute Gasteiger partial charge is 0.271 e. The summed E-state index contributed by atoms with van der Waals surface area (Å²) in [5.74, 6) is 1.12. The zero-order valence-corrected chi connectivity index (χ0v) is 14.2. The van der Waals surface area contributed by atoms with Crippen molar-refractivity contribution < 1.29 is 14.3 Å². The number of ether oxygens (including phenoxy) is 2. The highest BCUT2D eigenvalue weighted by Gasteiger charge is 2.16. The Balaban J connectivity index is 1.97. The number of hydrogen-bond acceptors (Lipinski definition) is 4. The summed E-state index contributed by atoms with van der Waals surface area (Å²) >= 11 is 6.01. The van der Waals surface area contributed by atoms with Gasteiger partial charge in [0, 0.05) is 13.1 Å². The van der Waals surface area contributed by atoms with Crippen LogP contribution in [0.5, 0.6) is 11.5 Å². The van der Waals surface area contributed by atoms with Crippen molar-refractivity contribution in [3.05, 3.63) is 40.7 Å². The second-order valence-electron chi connectivity index (χ2n) is 4.85. The molecular formula is C16H20ClN3O3. The molecule has 0 aliphatic heterocycles. The summed E-state index contributed by atoms with van der Waals surface area (Å²) in [7, 11) is 3.19. The summed E-state index contributed by atoms with van der Waals surface area (Å²) in [6, 6.07) is 5.68. The van der Waals surface area contributed by atoms with Gasteiger partial charge in [-0.15, -0.1) is 0 Å². The van der Waals surface area contributed by atoms with Crippen LogP contribution >= 0.6 is 11.6 Å². The first kappa shape index (κ1) is 17.1. The van der Waals surface area contributed by atoms with Crippen molar-refractivity contribution in [2.45, 2.75) is 19.9 Å². The molecule has 0 bridgehead atoms. The van der Waals surface area contributed by atoms with Crippen molar-refractivity contribution in [2.75, 3.05) is 20.8 Å². The Kier molecular flexibility index (Phi) is 5.87. The van der Waals surface area contributed by atoms with E-state index in [2.05, 4.69) is 10.4 Å². The molecule has 2 rings (SSSR count). The molecule has 0 saturated heterocycles. The largest absolute Gasteiger partial charge is 0.493 e. The van der Waals surface area contributed by atoms with Crippen molar-refractivity contribution >= 4 is 17.5 Å². The summed E-state index contributed by atoms with van der Waals surface area (Å²) in [5.41, 5.74) is 1.43. The van der Waals surface area contributed by atoms with Gasteiger partial charge in [0.05, 0.1) is 25.4 Å². The second kappa shape index (κ2) is 7.87. The van der Waals surface area contributed by atoms with Crippen LogP contribution in [-0.2, 0) is 13.0 Å². The second-order valence-corrected chi connectivity index (χ2v) is 5.26. The zero-order valence-electron chi connectivity index (χ0n) is 13.4. The third kappa shape index (κ3) is 3.96. The summed E-state index contributed by atoms with van der Waals surface area (Å²) in [6.07, 6.45) is 2.15. The fraction of sp³-hybridized carbons (Fsp3) is 0.375. The van der Waals surface area contributed by atoms with Gasteiger partial charge in [0.2, 0.25) is 0 Å². The average Bonchev–Trinajstić information content (AvgIpc) is 2.95. The first-order valence-electron chi connectivity index (χ1n) is 7.31. The van der Waals surface area contributed by atoms with Gasteiger partial charge in [-0.3, -0.25) is 9.48 Å². The molecule has 1 aromatic carbocycles. The third-order valence-corrected chi connectivity index (χ3v) is 3.73. The molecule has 0 aliphatic rings. The number of amides is 1. The summed E-state index contributed by atoms with van der Waals surface area (Å²) in [5, 5.41) is 7.27. The fourth-order valence-corrected chi connectivity index (χ4v) is 2.50. The lowest BCUT2D eigenvalue weighted by atomic mass is 10.1. The summed E-state index contributed by atoms with van der Waals surface area (Å²) in [6.45, 7) is 2.98. The predicted octanol–water partition coefficient (Wildman–Crippen LogP) is 2.55. The van der Waals surface area contributed by atoms with Crippen molar-refractivity contribution in [2.24, 2.45) is 0 Å². The standard InChI is InChI=1S/C16H20ClN3O3/c1-4-20-15(12(17)10-19-20)16(21)18-8-7-11-5-6-13(22-2)14(9-11)23-3/h5-6,9-10H,4,7-8H2,1-3H3,(H,18,21). The van der Waals surface area contributed by atoms with Crippen molar-refractivity contribution in [1.82, 2.24) is 15.1 Å². The van der Waals surface area contributed by atoms with Gasteiger partial charge in [0.25, 0.3) is 5.91 Å². The molecule has 2 aromatic rings. The molecule has 0 saturated carbocycles. The van der Waals surface area contributed by atoms with E-state index in [0.29, 0.717) is 41.7 Å². The molecule has 0 atom stereocenters. The maximum Gasteiger partial charge on any atom is 0.271 e. The number of halogens is 1. The first-order valence-corrected chi connectivity index (χ1v) is 7.68. The summed E-state index contributed by atoms with van der Waals surface area (Å²) in [4.78, 5) is 12.2. The third-order valence-electron chi connectivity index (χ3n) is 3.46. The molecular weight excluding hydrogens is 318 g/mol. The Bertz CT molecular complexity index is 685. The van der Waals surface area contributed by atoms with Crippen LogP contribution in [-0.4, -0.2) is 36.5 Å². The number of benzene rings is 1. The number of rotatable bonds is 7. The highest BCUT2D eigenvalue weighted by molar-refractivity contribution is 6.33. The first-order chi connectivity index (χ1) is 11.1. The normalized spacial score (nSPS) is 10.4. The lowest BCUT2D eigenvalue weighted by Gasteiger charge is -2.10. The van der Waals surface area contributed by atoms with E-state index in [-0.39, 0.29) is 5.91 Å². The van der Waals surface area contributed by atoms with Crippen molar-refractivity contribution in [3.63, 3.8) is 0 Å². The monoisotopic (exact) mass is 337 g/mol. The lowest BCUT2D eigenvalue weighted by molar-refractivity contribution is 0.0943. The van der Waals surface area contributed by atoms with Gasteiger partial charge >= 0.3 is 0 Å². The molecule has 1 N–H and O–H groups in total. The number of hydrogen-bond donors (Lipinski definition) is 1. The van der Waals surface area contributed by atoms with Crippen LogP contribution in [0.25, 0.3) is 0 Å². The topological polar surface area (TPSA) is 65.4 Å². The SMILES string of the molecule is CCn1ncc(Cl)c1C(=O)NCCc1ccc(OC)c(OC)c1. The van der Waals surface area contributed by atoms with Crippen LogP contribution < -0.4 is 14.8 Å². The summed E-state index contributed by atoms with van der Waals surface area (Å²) < 4.78 is 12.0. The van der Waals surface area contributed by atoms with Gasteiger partial charge in [0.15, 0.2) is 11.5 Å². The van der Waals surface area contributed by atoms with Crippen LogP contribution in [0.4, 0.5) is 0 Å². The van der Waals surface area contributed by atoms with E-state index in [1.807, 2.05) is 25.1 Å². The Morgan fingerprint density at radius 1 is 1.30 bits per heavy atom. The van der Waals surface area contributed by atoms with Gasteiger partial charge in [-0.1, -0.05) is 17.7 Å². The molecule has 124 valence electrons. The van der Waals surface area contributed by atoms with E-state index >= 15 is 0 Å². The molecule has 0 spiro atoms. The van der Waals surface area contributed by atoms with Crippen LogP contribution in [0.2, 0.25) is 5.02 Å². The highest BCUT2D eigenvalue weighted by atomic mass is 35.5. The lowest BCUT2D eigenvalue weighted by Crippen LogP contribution is -2.28. The Hall–Kier alpha value is -2.21. The van der Waals surface area contributed by atoms with E-state index in [9.17, 15) is 4.79 Å². The molecule has 0 aliphatic carbocycles. The van der Waals surface area contributed by atoms with Crippen LogP contribution in [0, 0.1) is 0 Å². The van der Waals surface area contributed by atoms with E-state index < -0.39 is 0 Å². The number of carbonyl (C=O) groups is 1. The molecule has 1 heterocycles. The molecule has 1 aromatic heterocycles. The minimum absolute atomic E-state index is 0.227. The average molecular weight is 338 g/mol. The molecule has 1 amide bonds. The Morgan fingerprint density at radius 3 is 2.70 bits per heavy atom. The Labute approximate surface area is 140 Å². The molecule has 7 heteroatoms. The number of methoxy groups -OCH3 is 2. The van der Waals surface area contributed by atoms with E-state index in [1.165, 1.54) is 6.20 Å². The van der Waals surface area contributed by atoms with E-state index in [4.69, 9.17) is 21.1 Å². The maximum absolute atomic E-state index is 12.2. The highest BCUT2D eigenvalue weighted by Crippen LogP contribution is 2.27. The van der Waals surface area contributed by atoms with Crippen LogP contribution in [0.15, 0.2) is 24.4 Å². The van der Waals surface area contributed by atoms with Gasteiger partial charge in [-0.25, -0.2) is 0 Å². The van der Waals surface area contributed by atoms with Gasteiger partial charge in [-0.05, 0) is 31.0 Å². The number of aromatic nitrogens is 2. The molecule has 23 heavy (non-hydrogen) atoms. The minimum Gasteiger partial charge on any atom is -0.493 e. The maximum atomic E-state index is 12.2. The molecule has 0 unspecified atom stereocenters. The van der Waals surface area contributed by atoms with Gasteiger partial charge in [0.1, 0.15) is 5.69 Å². The Morgan fingerprint density at radius 2 is 2.04 bits per heavy atom.